The minimum absolute atomic E-state index is 0.00468. The van der Waals surface area contributed by atoms with Gasteiger partial charge < -0.3 is 14.7 Å². The summed E-state index contributed by atoms with van der Waals surface area (Å²) in [4.78, 5) is 41.8. The second-order valence-electron chi connectivity index (χ2n) is 9.86. The first-order valence-corrected chi connectivity index (χ1v) is 12.7. The lowest BCUT2D eigenvalue weighted by Crippen LogP contribution is -2.55. The van der Waals surface area contributed by atoms with Gasteiger partial charge in [-0.2, -0.15) is 0 Å². The number of aliphatic carboxylic acids is 1. The van der Waals surface area contributed by atoms with Gasteiger partial charge in [0.25, 0.3) is 0 Å². The monoisotopic (exact) mass is 476 g/mol. The summed E-state index contributed by atoms with van der Waals surface area (Å²) >= 11 is 0. The molecule has 1 heterocycles. The summed E-state index contributed by atoms with van der Waals surface area (Å²) in [6, 6.07) is 17.4. The molecule has 2 amide bonds. The zero-order valence-electron chi connectivity index (χ0n) is 19.8. The number of hydrogen-bond acceptors (Lipinski definition) is 4. The van der Waals surface area contributed by atoms with Crippen LogP contribution in [0.2, 0.25) is 0 Å². The van der Waals surface area contributed by atoms with Crippen LogP contribution in [0.5, 0.6) is 0 Å². The summed E-state index contributed by atoms with van der Waals surface area (Å²) in [6.45, 7) is 0.209. The Hall–Kier alpha value is -3.35. The van der Waals surface area contributed by atoms with Gasteiger partial charge in [0.2, 0.25) is 5.91 Å². The minimum atomic E-state index is -0.957. The quantitative estimate of drug-likeness (QED) is 0.586. The van der Waals surface area contributed by atoms with E-state index in [9.17, 15) is 14.4 Å². The number of ether oxygens (including phenoxy) is 1. The molecule has 7 heteroatoms. The molecule has 0 spiro atoms. The van der Waals surface area contributed by atoms with Crippen molar-refractivity contribution in [1.29, 1.82) is 0 Å². The molecule has 2 aliphatic carbocycles. The van der Waals surface area contributed by atoms with E-state index in [0.29, 0.717) is 0 Å². The van der Waals surface area contributed by atoms with Crippen molar-refractivity contribution in [1.82, 2.24) is 4.90 Å². The number of nitrogens with zero attached hydrogens (tertiary/aromatic N) is 2. The molecule has 3 aliphatic rings. The summed E-state index contributed by atoms with van der Waals surface area (Å²) in [6.07, 6.45) is 5.22. The number of rotatable bonds is 7. The minimum Gasteiger partial charge on any atom is -0.481 e. The van der Waals surface area contributed by atoms with E-state index < -0.39 is 5.97 Å². The van der Waals surface area contributed by atoms with E-state index in [-0.39, 0.29) is 55.5 Å². The van der Waals surface area contributed by atoms with E-state index in [2.05, 4.69) is 0 Å². The zero-order chi connectivity index (χ0) is 24.4. The molecule has 184 valence electrons. The number of carbonyl (C=O) groups is 3. The predicted molar refractivity (Wildman–Crippen MR) is 131 cm³/mol. The first-order valence-electron chi connectivity index (χ1n) is 12.7. The van der Waals surface area contributed by atoms with E-state index in [1.807, 2.05) is 64.4 Å². The maximum absolute atomic E-state index is 13.5. The second kappa shape index (κ2) is 10.1. The average molecular weight is 477 g/mol. The van der Waals surface area contributed by atoms with E-state index in [1.165, 1.54) is 0 Å². The number of hydrogen-bond donors (Lipinski definition) is 1. The molecule has 1 N–H and O–H groups in total. The van der Waals surface area contributed by atoms with E-state index in [4.69, 9.17) is 9.84 Å². The van der Waals surface area contributed by atoms with Crippen LogP contribution >= 0.6 is 0 Å². The number of anilines is 1. The van der Waals surface area contributed by atoms with Crippen LogP contribution in [0.1, 0.15) is 68.5 Å². The first kappa shape index (κ1) is 23.4. The fraction of sp³-hybridized carbons (Fsp3) is 0.464. The summed E-state index contributed by atoms with van der Waals surface area (Å²) in [5.41, 5.74) is 2.70. The fourth-order valence-corrected chi connectivity index (χ4v) is 5.86. The second-order valence-corrected chi connectivity index (χ2v) is 9.86. The highest BCUT2D eigenvalue weighted by atomic mass is 16.6. The molecule has 7 nitrogen and oxygen atoms in total. The molecule has 0 bridgehead atoms. The number of carbonyl (C=O) groups excluding carboxylic acids is 2. The van der Waals surface area contributed by atoms with Crippen molar-refractivity contribution in [2.45, 2.75) is 76.1 Å². The number of carboxylic acid groups (broad SMARTS) is 1. The summed E-state index contributed by atoms with van der Waals surface area (Å²) in [5.74, 6) is -0.961. The van der Waals surface area contributed by atoms with E-state index in [1.54, 1.807) is 0 Å². The number of carboxylic acids is 1. The molecular weight excluding hydrogens is 444 g/mol. The van der Waals surface area contributed by atoms with Crippen LogP contribution in [-0.2, 0) is 20.9 Å². The third kappa shape index (κ3) is 4.90. The molecule has 35 heavy (non-hydrogen) atoms. The third-order valence-electron chi connectivity index (χ3n) is 7.52. The Kier molecular flexibility index (Phi) is 6.75. The highest BCUT2D eigenvalue weighted by Gasteiger charge is 2.50. The molecule has 0 unspecified atom stereocenters. The van der Waals surface area contributed by atoms with Gasteiger partial charge in [-0.3, -0.25) is 14.5 Å². The largest absolute Gasteiger partial charge is 0.481 e. The van der Waals surface area contributed by atoms with Gasteiger partial charge in [0, 0.05) is 24.4 Å². The zero-order valence-corrected chi connectivity index (χ0v) is 19.8. The lowest BCUT2D eigenvalue weighted by atomic mass is 9.72. The molecule has 2 aromatic carbocycles. The summed E-state index contributed by atoms with van der Waals surface area (Å²) in [7, 11) is 0. The summed E-state index contributed by atoms with van der Waals surface area (Å²) in [5, 5.41) is 9.15. The predicted octanol–water partition coefficient (Wildman–Crippen LogP) is 5.30. The van der Waals surface area contributed by atoms with Crippen LogP contribution in [-0.4, -0.2) is 40.1 Å². The fourth-order valence-electron chi connectivity index (χ4n) is 5.86. The van der Waals surface area contributed by atoms with Crippen LogP contribution in [0.4, 0.5) is 10.5 Å². The van der Waals surface area contributed by atoms with Gasteiger partial charge in [-0.15, -0.1) is 0 Å². The Balaban J connectivity index is 1.48. The van der Waals surface area contributed by atoms with Crippen LogP contribution in [0, 0.1) is 5.92 Å². The number of para-hydroxylation sites is 1. The van der Waals surface area contributed by atoms with Crippen LogP contribution < -0.4 is 4.90 Å². The molecule has 2 aromatic rings. The number of fused-ring (bicyclic) bond motifs is 2. The number of amides is 2. The molecule has 3 atom stereocenters. The average Bonchev–Trinajstić information content (AvgIpc) is 3.71. The Morgan fingerprint density at radius 1 is 0.914 bits per heavy atom. The van der Waals surface area contributed by atoms with Crippen molar-refractivity contribution in [3.63, 3.8) is 0 Å². The molecule has 0 saturated heterocycles. The first-order chi connectivity index (χ1) is 17.0. The standard InChI is InChI=1S/C28H32N2O5/c31-25(16-17-26(32)33)29(20-14-15-20)27-21-10-4-6-12-23(21)30(24-13-7-5-11-22(24)27)28(34)35-18-19-8-2-1-3-9-19/h1-4,6,8-10,12,20,22,24,27H,5,7,11,13-18H2,(H,32,33)/t22-,24+,27-/m0/s1. The smallest absolute Gasteiger partial charge is 0.414 e. The highest BCUT2D eigenvalue weighted by molar-refractivity contribution is 5.91. The van der Waals surface area contributed by atoms with Gasteiger partial charge in [-0.1, -0.05) is 61.4 Å². The topological polar surface area (TPSA) is 87.2 Å². The van der Waals surface area contributed by atoms with Gasteiger partial charge in [-0.25, -0.2) is 4.79 Å². The maximum Gasteiger partial charge on any atom is 0.414 e. The van der Waals surface area contributed by atoms with Gasteiger partial charge >= 0.3 is 12.1 Å². The van der Waals surface area contributed by atoms with Gasteiger partial charge in [0.05, 0.1) is 18.2 Å². The Bertz CT molecular complexity index is 1080. The normalized spacial score (nSPS) is 23.1. The Morgan fingerprint density at radius 2 is 1.63 bits per heavy atom. The third-order valence-corrected chi connectivity index (χ3v) is 7.52. The molecule has 0 aromatic heterocycles. The van der Waals surface area contributed by atoms with Crippen LogP contribution in [0.15, 0.2) is 54.6 Å². The molecule has 5 rings (SSSR count). The maximum atomic E-state index is 13.5. The molecular formula is C28H32N2O5. The molecule has 2 saturated carbocycles. The molecule has 0 radical (unpaired) electrons. The highest BCUT2D eigenvalue weighted by Crippen LogP contribution is 2.51. The SMILES string of the molecule is O=C(O)CCC(=O)N(C1CC1)[C@H]1c2ccccc2N(C(=O)OCc2ccccc2)[C@@H]2CCCC[C@@H]21. The van der Waals surface area contributed by atoms with Crippen LogP contribution in [0.25, 0.3) is 0 Å². The Labute approximate surface area is 205 Å². The van der Waals surface area contributed by atoms with Gasteiger partial charge in [0.1, 0.15) is 6.61 Å². The van der Waals surface area contributed by atoms with Crippen molar-refractivity contribution in [2.24, 2.45) is 5.92 Å². The van der Waals surface area contributed by atoms with Gasteiger partial charge in [0.15, 0.2) is 0 Å². The van der Waals surface area contributed by atoms with Crippen LogP contribution in [0.3, 0.4) is 0 Å². The lowest BCUT2D eigenvalue weighted by molar-refractivity contribution is -0.143. The van der Waals surface area contributed by atoms with Gasteiger partial charge in [-0.05, 0) is 42.9 Å². The van der Waals surface area contributed by atoms with Crippen molar-refractivity contribution >= 4 is 23.7 Å². The Morgan fingerprint density at radius 3 is 2.37 bits per heavy atom. The van der Waals surface area contributed by atoms with E-state index in [0.717, 1.165) is 55.3 Å². The lowest BCUT2D eigenvalue weighted by Gasteiger charge is -2.51. The number of benzene rings is 2. The molecule has 2 fully saturated rings. The molecule has 1 aliphatic heterocycles. The van der Waals surface area contributed by atoms with Crippen molar-refractivity contribution in [3.05, 3.63) is 65.7 Å². The summed E-state index contributed by atoms with van der Waals surface area (Å²) < 4.78 is 5.78. The van der Waals surface area contributed by atoms with Crippen molar-refractivity contribution in [3.8, 4) is 0 Å². The van der Waals surface area contributed by atoms with E-state index >= 15 is 0 Å². The van der Waals surface area contributed by atoms with Crippen molar-refractivity contribution < 1.29 is 24.2 Å². The van der Waals surface area contributed by atoms with Crippen molar-refractivity contribution in [2.75, 3.05) is 4.90 Å².